The van der Waals surface area contributed by atoms with Crippen LogP contribution in [0.1, 0.15) is 59.0 Å². The summed E-state index contributed by atoms with van der Waals surface area (Å²) in [5.41, 5.74) is 3.24. The molecule has 3 aromatic carbocycles. The first-order chi connectivity index (χ1) is 17.9. The van der Waals surface area contributed by atoms with E-state index >= 15 is 0 Å². The number of nitrogens with zero attached hydrogens (tertiary/aromatic N) is 1. The molecule has 7 nitrogen and oxygen atoms in total. The number of nitrogens with one attached hydrogen (secondary N) is 2. The monoisotopic (exact) mass is 501 g/mol. The van der Waals surface area contributed by atoms with E-state index in [1.807, 2.05) is 49.4 Å². The molecule has 0 spiro atoms. The lowest BCUT2D eigenvalue weighted by Gasteiger charge is -2.33. The Kier molecular flexibility index (Phi) is 8.33. The minimum atomic E-state index is -0.377. The highest BCUT2D eigenvalue weighted by molar-refractivity contribution is 6.09. The Morgan fingerprint density at radius 3 is 2.16 bits per heavy atom. The van der Waals surface area contributed by atoms with Gasteiger partial charge in [0.05, 0.1) is 25.8 Å². The number of carbonyl (C=O) groups excluding carboxylic acids is 2. The van der Waals surface area contributed by atoms with E-state index < -0.39 is 0 Å². The minimum Gasteiger partial charge on any atom is -0.496 e. The number of ether oxygens (including phenoxy) is 2. The molecule has 1 saturated heterocycles. The zero-order valence-corrected chi connectivity index (χ0v) is 21.9. The van der Waals surface area contributed by atoms with E-state index in [2.05, 4.69) is 22.5 Å². The standard InChI is InChI=1S/C30H35N3O4/c1-20-15-17-33(18-16-20)25-14-13-23(32-30(35)28-26(36-3)11-8-12-27(28)37-4)19-24(25)29(34)31-21(2)22-9-6-5-7-10-22/h5-14,19-21H,15-18H2,1-4H3,(H,31,34)(H,32,35)/t21-/m0/s1. The number of benzene rings is 3. The molecule has 0 aromatic heterocycles. The van der Waals surface area contributed by atoms with Crippen LogP contribution in [0.25, 0.3) is 0 Å². The molecule has 1 aliphatic rings. The Hall–Kier alpha value is -4.00. The highest BCUT2D eigenvalue weighted by Gasteiger charge is 2.24. The number of anilines is 2. The Balaban J connectivity index is 1.64. The van der Waals surface area contributed by atoms with Gasteiger partial charge in [-0.3, -0.25) is 9.59 Å². The molecule has 194 valence electrons. The summed E-state index contributed by atoms with van der Waals surface area (Å²) in [6.07, 6.45) is 2.15. The molecule has 1 atom stereocenters. The van der Waals surface area contributed by atoms with E-state index in [0.717, 1.165) is 37.2 Å². The van der Waals surface area contributed by atoms with Crippen molar-refractivity contribution in [3.8, 4) is 11.5 Å². The fourth-order valence-corrected chi connectivity index (χ4v) is 4.69. The first-order valence-corrected chi connectivity index (χ1v) is 12.7. The van der Waals surface area contributed by atoms with Gasteiger partial charge in [0.25, 0.3) is 11.8 Å². The number of hydrogen-bond acceptors (Lipinski definition) is 5. The number of amides is 2. The first-order valence-electron chi connectivity index (χ1n) is 12.7. The highest BCUT2D eigenvalue weighted by Crippen LogP contribution is 2.32. The van der Waals surface area contributed by atoms with Gasteiger partial charge < -0.3 is 25.0 Å². The average Bonchev–Trinajstić information content (AvgIpc) is 2.93. The molecule has 1 heterocycles. The van der Waals surface area contributed by atoms with Crippen LogP contribution in [0.4, 0.5) is 11.4 Å². The molecular formula is C30H35N3O4. The molecule has 4 rings (SSSR count). The van der Waals surface area contributed by atoms with E-state index in [9.17, 15) is 9.59 Å². The molecule has 1 aliphatic heterocycles. The number of carbonyl (C=O) groups is 2. The summed E-state index contributed by atoms with van der Waals surface area (Å²) in [7, 11) is 3.02. The van der Waals surface area contributed by atoms with Crippen molar-refractivity contribution in [2.75, 3.05) is 37.5 Å². The number of piperidine rings is 1. The van der Waals surface area contributed by atoms with Crippen LogP contribution in [0.2, 0.25) is 0 Å². The highest BCUT2D eigenvalue weighted by atomic mass is 16.5. The van der Waals surface area contributed by atoms with Crippen LogP contribution < -0.4 is 25.0 Å². The van der Waals surface area contributed by atoms with E-state index in [1.54, 1.807) is 24.3 Å². The Labute approximate surface area is 218 Å². The maximum Gasteiger partial charge on any atom is 0.263 e. The van der Waals surface area contributed by atoms with Gasteiger partial charge >= 0.3 is 0 Å². The Morgan fingerprint density at radius 1 is 0.892 bits per heavy atom. The van der Waals surface area contributed by atoms with Crippen molar-refractivity contribution < 1.29 is 19.1 Å². The quantitative estimate of drug-likeness (QED) is 0.415. The molecular weight excluding hydrogens is 466 g/mol. The number of rotatable bonds is 8. The van der Waals surface area contributed by atoms with Gasteiger partial charge in [0.15, 0.2) is 0 Å². The number of hydrogen-bond donors (Lipinski definition) is 2. The van der Waals surface area contributed by atoms with Crippen LogP contribution in [-0.4, -0.2) is 39.1 Å². The average molecular weight is 502 g/mol. The third-order valence-corrected chi connectivity index (χ3v) is 6.93. The normalized spacial score (nSPS) is 14.5. The van der Waals surface area contributed by atoms with Gasteiger partial charge in [-0.15, -0.1) is 0 Å². The van der Waals surface area contributed by atoms with Gasteiger partial charge in [0, 0.05) is 24.5 Å². The van der Waals surface area contributed by atoms with Gasteiger partial charge in [-0.05, 0) is 61.6 Å². The lowest BCUT2D eigenvalue weighted by atomic mass is 9.97. The molecule has 0 unspecified atom stereocenters. The zero-order valence-electron chi connectivity index (χ0n) is 21.9. The molecule has 0 radical (unpaired) electrons. The summed E-state index contributed by atoms with van der Waals surface area (Å²) < 4.78 is 10.8. The van der Waals surface area contributed by atoms with Crippen LogP contribution in [0.15, 0.2) is 66.7 Å². The summed E-state index contributed by atoms with van der Waals surface area (Å²) in [5.74, 6) is 0.922. The molecule has 37 heavy (non-hydrogen) atoms. The molecule has 0 aliphatic carbocycles. The second-order valence-electron chi connectivity index (χ2n) is 9.50. The largest absolute Gasteiger partial charge is 0.496 e. The SMILES string of the molecule is COc1cccc(OC)c1C(=O)Nc1ccc(N2CCC(C)CC2)c(C(=O)N[C@@H](C)c2ccccc2)c1. The third kappa shape index (κ3) is 6.05. The molecule has 0 saturated carbocycles. The van der Waals surface area contributed by atoms with E-state index in [-0.39, 0.29) is 17.9 Å². The second kappa shape index (κ2) is 11.8. The maximum atomic E-state index is 13.6. The van der Waals surface area contributed by atoms with Crippen LogP contribution in [0.3, 0.4) is 0 Å². The lowest BCUT2D eigenvalue weighted by molar-refractivity contribution is 0.0939. The van der Waals surface area contributed by atoms with Crippen molar-refractivity contribution in [2.24, 2.45) is 5.92 Å². The predicted octanol–water partition coefficient (Wildman–Crippen LogP) is 5.68. The maximum absolute atomic E-state index is 13.6. The fraction of sp³-hybridized carbons (Fsp3) is 0.333. The van der Waals surface area contributed by atoms with Crippen LogP contribution >= 0.6 is 0 Å². The van der Waals surface area contributed by atoms with E-state index in [4.69, 9.17) is 9.47 Å². The smallest absolute Gasteiger partial charge is 0.263 e. The fourth-order valence-electron chi connectivity index (χ4n) is 4.69. The van der Waals surface area contributed by atoms with Crippen LogP contribution in [0.5, 0.6) is 11.5 Å². The van der Waals surface area contributed by atoms with Gasteiger partial charge in [-0.2, -0.15) is 0 Å². The van der Waals surface area contributed by atoms with Crippen molar-refractivity contribution in [2.45, 2.75) is 32.7 Å². The summed E-state index contributed by atoms with van der Waals surface area (Å²) >= 11 is 0. The minimum absolute atomic E-state index is 0.168. The third-order valence-electron chi connectivity index (χ3n) is 6.93. The Morgan fingerprint density at radius 2 is 1.54 bits per heavy atom. The molecule has 7 heteroatoms. The topological polar surface area (TPSA) is 79.9 Å². The lowest BCUT2D eigenvalue weighted by Crippen LogP contribution is -2.35. The van der Waals surface area contributed by atoms with Crippen molar-refractivity contribution in [1.82, 2.24) is 5.32 Å². The first kappa shape index (κ1) is 26.1. The van der Waals surface area contributed by atoms with Gasteiger partial charge in [0.2, 0.25) is 0 Å². The van der Waals surface area contributed by atoms with E-state index in [0.29, 0.717) is 34.2 Å². The van der Waals surface area contributed by atoms with Gasteiger partial charge in [-0.25, -0.2) is 0 Å². The van der Waals surface area contributed by atoms with Gasteiger partial charge in [0.1, 0.15) is 17.1 Å². The van der Waals surface area contributed by atoms with Crippen molar-refractivity contribution in [3.63, 3.8) is 0 Å². The molecule has 2 amide bonds. The predicted molar refractivity (Wildman–Crippen MR) is 147 cm³/mol. The van der Waals surface area contributed by atoms with Crippen LogP contribution in [-0.2, 0) is 0 Å². The zero-order chi connectivity index (χ0) is 26.4. The van der Waals surface area contributed by atoms with Crippen molar-refractivity contribution >= 4 is 23.2 Å². The molecule has 3 aromatic rings. The van der Waals surface area contributed by atoms with E-state index in [1.165, 1.54) is 14.2 Å². The summed E-state index contributed by atoms with van der Waals surface area (Å²) in [6.45, 7) is 6.01. The Bertz CT molecular complexity index is 1210. The summed E-state index contributed by atoms with van der Waals surface area (Å²) in [5, 5.41) is 6.06. The van der Waals surface area contributed by atoms with Gasteiger partial charge in [-0.1, -0.05) is 43.3 Å². The van der Waals surface area contributed by atoms with Crippen LogP contribution in [0, 0.1) is 5.92 Å². The molecule has 2 N–H and O–H groups in total. The molecule has 0 bridgehead atoms. The summed E-state index contributed by atoms with van der Waals surface area (Å²) in [4.78, 5) is 29.1. The molecule has 1 fully saturated rings. The number of methoxy groups -OCH3 is 2. The van der Waals surface area contributed by atoms with Crippen molar-refractivity contribution in [3.05, 3.63) is 83.4 Å². The summed E-state index contributed by atoms with van der Waals surface area (Å²) in [6, 6.07) is 20.4. The van der Waals surface area contributed by atoms with Crippen molar-refractivity contribution in [1.29, 1.82) is 0 Å². The second-order valence-corrected chi connectivity index (χ2v) is 9.50.